The molecule has 0 bridgehead atoms. The maximum absolute atomic E-state index is 6.13. The minimum absolute atomic E-state index is 0.0461. The van der Waals surface area contributed by atoms with Crippen molar-refractivity contribution in [3.63, 3.8) is 0 Å². The Hall–Kier alpha value is -0.345. The Morgan fingerprint density at radius 1 is 1.40 bits per heavy atom. The maximum atomic E-state index is 6.13. The fourth-order valence-electron chi connectivity index (χ4n) is 1.95. The highest BCUT2D eigenvalue weighted by Crippen LogP contribution is 2.45. The van der Waals surface area contributed by atoms with E-state index >= 15 is 0 Å². The molecule has 1 fully saturated rings. The molecule has 1 aromatic rings. The number of hydrogen-bond donors (Lipinski definition) is 0. The minimum Gasteiger partial charge on any atom is -0.425 e. The smallest absolute Gasteiger partial charge is 0.339 e. The van der Waals surface area contributed by atoms with Gasteiger partial charge in [-0.2, -0.15) is 0 Å². The molecule has 0 amide bonds. The Kier molecular flexibility index (Phi) is 2.47. The molecule has 0 aliphatic carbocycles. The van der Waals surface area contributed by atoms with Crippen molar-refractivity contribution in [3.8, 4) is 0 Å². The normalized spacial score (nSPS) is 23.4. The molecule has 2 heterocycles. The van der Waals surface area contributed by atoms with Gasteiger partial charge in [-0.05, 0) is 32.5 Å². The first-order chi connectivity index (χ1) is 6.82. The summed E-state index contributed by atoms with van der Waals surface area (Å²) in [5.41, 5.74) is 0.186. The Labute approximate surface area is 96.2 Å². The molecule has 0 N–H and O–H groups in total. The van der Waals surface area contributed by atoms with Crippen LogP contribution in [0.1, 0.15) is 32.7 Å². The van der Waals surface area contributed by atoms with E-state index in [4.69, 9.17) is 4.65 Å². The van der Waals surface area contributed by atoms with Crippen LogP contribution < -0.4 is 4.78 Å². The standard InChI is InChI=1S/C11H18BNOS/c1-8-13-6-9(15-8)12-7-10(2,3)11(4,5)14-12/h6H,7H2,1-5H3. The average Bonchev–Trinajstić information content (AvgIpc) is 2.56. The molecule has 1 saturated heterocycles. The van der Waals surface area contributed by atoms with Gasteiger partial charge in [-0.3, -0.25) is 4.98 Å². The largest absolute Gasteiger partial charge is 0.425 e. The highest BCUT2D eigenvalue weighted by Gasteiger charge is 2.50. The van der Waals surface area contributed by atoms with Gasteiger partial charge in [-0.25, -0.2) is 0 Å². The van der Waals surface area contributed by atoms with Gasteiger partial charge in [0.05, 0.1) is 10.6 Å². The Morgan fingerprint density at radius 3 is 2.47 bits per heavy atom. The van der Waals surface area contributed by atoms with E-state index in [0.29, 0.717) is 0 Å². The van der Waals surface area contributed by atoms with E-state index in [1.807, 2.05) is 13.1 Å². The van der Waals surface area contributed by atoms with Crippen molar-refractivity contribution in [2.75, 3.05) is 0 Å². The second-order valence-electron chi connectivity index (χ2n) is 5.49. The Morgan fingerprint density at radius 2 is 2.07 bits per heavy atom. The molecule has 4 heteroatoms. The second kappa shape index (κ2) is 3.32. The van der Waals surface area contributed by atoms with Crippen molar-refractivity contribution in [3.05, 3.63) is 11.2 Å². The maximum Gasteiger partial charge on any atom is 0.339 e. The summed E-state index contributed by atoms with van der Waals surface area (Å²) in [4.78, 5) is 4.30. The number of hydrogen-bond acceptors (Lipinski definition) is 3. The van der Waals surface area contributed by atoms with Crippen molar-refractivity contribution in [2.24, 2.45) is 5.41 Å². The zero-order valence-electron chi connectivity index (χ0n) is 10.1. The van der Waals surface area contributed by atoms with Crippen LogP contribution in [0.15, 0.2) is 6.20 Å². The van der Waals surface area contributed by atoms with Crippen LogP contribution in [-0.4, -0.2) is 17.5 Å². The highest BCUT2D eigenvalue weighted by molar-refractivity contribution is 7.22. The van der Waals surface area contributed by atoms with Gasteiger partial charge in [0, 0.05) is 11.0 Å². The summed E-state index contributed by atoms with van der Waals surface area (Å²) in [6.45, 7) is 11.2. The third-order valence-electron chi connectivity index (χ3n) is 3.72. The molecule has 0 radical (unpaired) electrons. The van der Waals surface area contributed by atoms with Crippen LogP contribution in [0.25, 0.3) is 0 Å². The number of nitrogens with zero attached hydrogens (tertiary/aromatic N) is 1. The summed E-state index contributed by atoms with van der Waals surface area (Å²) in [5.74, 6) is 0. The quantitative estimate of drug-likeness (QED) is 0.682. The molecule has 0 unspecified atom stereocenters. The van der Waals surface area contributed by atoms with E-state index in [0.717, 1.165) is 11.3 Å². The first kappa shape index (κ1) is 11.1. The molecule has 2 rings (SSSR count). The molecule has 0 saturated carbocycles. The van der Waals surface area contributed by atoms with Crippen molar-refractivity contribution in [1.29, 1.82) is 0 Å². The lowest BCUT2D eigenvalue weighted by atomic mass is 9.58. The van der Waals surface area contributed by atoms with E-state index in [2.05, 4.69) is 32.7 Å². The topological polar surface area (TPSA) is 22.1 Å². The van der Waals surface area contributed by atoms with E-state index in [-0.39, 0.29) is 17.9 Å². The van der Waals surface area contributed by atoms with Gasteiger partial charge in [0.25, 0.3) is 0 Å². The SMILES string of the molecule is Cc1ncc(B2CC(C)(C)C(C)(C)O2)s1. The first-order valence-corrected chi connectivity index (χ1v) is 6.24. The molecule has 1 aliphatic heterocycles. The van der Waals surface area contributed by atoms with Crippen LogP contribution >= 0.6 is 11.3 Å². The Balaban J connectivity index is 2.23. The predicted molar refractivity (Wildman–Crippen MR) is 66.0 cm³/mol. The van der Waals surface area contributed by atoms with Crippen molar-refractivity contribution in [2.45, 2.75) is 46.5 Å². The number of thiazole rings is 1. The lowest BCUT2D eigenvalue weighted by molar-refractivity contribution is 0.0376. The van der Waals surface area contributed by atoms with Gasteiger partial charge < -0.3 is 4.65 Å². The van der Waals surface area contributed by atoms with Gasteiger partial charge in [-0.15, -0.1) is 11.3 Å². The van der Waals surface area contributed by atoms with Crippen LogP contribution in [0.3, 0.4) is 0 Å². The van der Waals surface area contributed by atoms with Crippen LogP contribution in [-0.2, 0) is 4.65 Å². The molecule has 2 nitrogen and oxygen atoms in total. The van der Waals surface area contributed by atoms with Crippen LogP contribution in [0.4, 0.5) is 0 Å². The highest BCUT2D eigenvalue weighted by atomic mass is 32.1. The van der Waals surface area contributed by atoms with Gasteiger partial charge in [0.2, 0.25) is 0 Å². The lowest BCUT2D eigenvalue weighted by Crippen LogP contribution is -2.35. The molecule has 0 atom stereocenters. The van der Waals surface area contributed by atoms with Gasteiger partial charge >= 0.3 is 6.92 Å². The van der Waals surface area contributed by atoms with E-state index in [9.17, 15) is 0 Å². The van der Waals surface area contributed by atoms with Crippen LogP contribution in [0.2, 0.25) is 6.32 Å². The fraction of sp³-hybridized carbons (Fsp3) is 0.727. The van der Waals surface area contributed by atoms with Crippen molar-refractivity contribution < 1.29 is 4.65 Å². The van der Waals surface area contributed by atoms with E-state index in [1.54, 1.807) is 11.3 Å². The zero-order chi connectivity index (χ0) is 11.3. The van der Waals surface area contributed by atoms with Crippen molar-refractivity contribution in [1.82, 2.24) is 4.98 Å². The fourth-order valence-corrected chi connectivity index (χ4v) is 2.77. The van der Waals surface area contributed by atoms with Crippen LogP contribution in [0, 0.1) is 12.3 Å². The summed E-state index contributed by atoms with van der Waals surface area (Å²) in [7, 11) is 0. The summed E-state index contributed by atoms with van der Waals surface area (Å²) >= 11 is 1.75. The summed E-state index contributed by atoms with van der Waals surface area (Å²) in [5, 5.41) is 1.12. The monoisotopic (exact) mass is 223 g/mol. The predicted octanol–water partition coefficient (Wildman–Crippen LogP) is 2.49. The number of aryl methyl sites for hydroxylation is 1. The molecular formula is C11H18BNOS. The second-order valence-corrected chi connectivity index (χ2v) is 6.75. The molecule has 82 valence electrons. The van der Waals surface area contributed by atoms with E-state index in [1.165, 1.54) is 4.78 Å². The molecule has 1 aliphatic rings. The number of rotatable bonds is 1. The summed E-state index contributed by atoms with van der Waals surface area (Å²) < 4.78 is 7.40. The Bertz CT molecular complexity index is 356. The summed E-state index contributed by atoms with van der Waals surface area (Å²) in [6.07, 6.45) is 3.05. The molecular weight excluding hydrogens is 205 g/mol. The zero-order valence-corrected chi connectivity index (χ0v) is 10.9. The van der Waals surface area contributed by atoms with Crippen LogP contribution in [0.5, 0.6) is 0 Å². The summed E-state index contributed by atoms with van der Waals surface area (Å²) in [6, 6.07) is 0. The molecule has 0 spiro atoms. The number of aromatic nitrogens is 1. The lowest BCUT2D eigenvalue weighted by Gasteiger charge is -2.34. The third-order valence-corrected chi connectivity index (χ3v) is 4.72. The van der Waals surface area contributed by atoms with Gasteiger partial charge in [-0.1, -0.05) is 13.8 Å². The third kappa shape index (κ3) is 1.85. The van der Waals surface area contributed by atoms with Gasteiger partial charge in [0.1, 0.15) is 0 Å². The molecule has 15 heavy (non-hydrogen) atoms. The minimum atomic E-state index is -0.0461. The molecule has 1 aromatic heterocycles. The first-order valence-electron chi connectivity index (χ1n) is 5.42. The molecule has 0 aromatic carbocycles. The van der Waals surface area contributed by atoms with E-state index < -0.39 is 0 Å². The van der Waals surface area contributed by atoms with Crippen molar-refractivity contribution >= 4 is 23.0 Å². The average molecular weight is 223 g/mol. The van der Waals surface area contributed by atoms with Gasteiger partial charge in [0.15, 0.2) is 0 Å².